The Morgan fingerprint density at radius 1 is 1.05 bits per heavy atom. The number of aliphatic hydroxyl groups excluding tert-OH is 3. The van der Waals surface area contributed by atoms with Gasteiger partial charge in [-0.05, 0) is 6.07 Å². The first kappa shape index (κ1) is 18.3. The quantitative estimate of drug-likeness (QED) is 0.542. The van der Waals surface area contributed by atoms with Crippen LogP contribution in [0.1, 0.15) is 0 Å². The van der Waals surface area contributed by atoms with Gasteiger partial charge in [0.2, 0.25) is 0 Å². The molecule has 1 amide bonds. The van der Waals surface area contributed by atoms with Gasteiger partial charge in [0.25, 0.3) is 5.91 Å². The predicted molar refractivity (Wildman–Crippen MR) is 79.1 cm³/mol. The van der Waals surface area contributed by atoms with Gasteiger partial charge < -0.3 is 25.4 Å². The van der Waals surface area contributed by atoms with Gasteiger partial charge in [-0.1, -0.05) is 34.8 Å². The summed E-state index contributed by atoms with van der Waals surface area (Å²) in [5.41, 5.74) is -1.51. The molecule has 0 aromatic heterocycles. The lowest BCUT2D eigenvalue weighted by Gasteiger charge is -2.28. The standard InChI is InChI=1S/C12H14Cl3NO5/c13-7-1-9(15)10(2-8(7)14)21-3-11(20)16-12(4-17,5-18)6-19/h1-2,17-19H,3-6H2,(H,16,20). The van der Waals surface area contributed by atoms with E-state index in [2.05, 4.69) is 5.32 Å². The Bertz CT molecular complexity index is 500. The van der Waals surface area contributed by atoms with Gasteiger partial charge in [-0.3, -0.25) is 4.79 Å². The number of benzene rings is 1. The van der Waals surface area contributed by atoms with Crippen molar-refractivity contribution in [1.29, 1.82) is 0 Å². The van der Waals surface area contributed by atoms with Crippen LogP contribution in [-0.4, -0.2) is 53.2 Å². The molecular weight excluding hydrogens is 344 g/mol. The minimum atomic E-state index is -1.51. The van der Waals surface area contributed by atoms with Crippen LogP contribution in [0.3, 0.4) is 0 Å². The van der Waals surface area contributed by atoms with Crippen molar-refractivity contribution < 1.29 is 24.9 Å². The fourth-order valence-electron chi connectivity index (χ4n) is 1.36. The highest BCUT2D eigenvalue weighted by molar-refractivity contribution is 6.43. The Kier molecular flexibility index (Phi) is 6.99. The number of hydrogen-bond acceptors (Lipinski definition) is 5. The van der Waals surface area contributed by atoms with Crippen molar-refractivity contribution in [3.63, 3.8) is 0 Å². The van der Waals surface area contributed by atoms with E-state index in [1.807, 2.05) is 0 Å². The fraction of sp³-hybridized carbons (Fsp3) is 0.417. The number of ether oxygens (including phenoxy) is 1. The number of nitrogens with one attached hydrogen (secondary N) is 1. The molecule has 0 spiro atoms. The van der Waals surface area contributed by atoms with Gasteiger partial charge in [0, 0.05) is 6.07 Å². The molecule has 21 heavy (non-hydrogen) atoms. The van der Waals surface area contributed by atoms with E-state index in [0.717, 1.165) is 0 Å². The fourth-order valence-corrected chi connectivity index (χ4v) is 1.95. The highest BCUT2D eigenvalue weighted by Crippen LogP contribution is 2.33. The molecule has 0 saturated heterocycles. The van der Waals surface area contributed by atoms with Gasteiger partial charge in [-0.25, -0.2) is 0 Å². The maximum atomic E-state index is 11.7. The Labute approximate surface area is 136 Å². The smallest absolute Gasteiger partial charge is 0.258 e. The second-order valence-electron chi connectivity index (χ2n) is 4.29. The molecule has 0 aliphatic heterocycles. The minimum Gasteiger partial charge on any atom is -0.482 e. The Hall–Kier alpha value is -0.760. The monoisotopic (exact) mass is 357 g/mol. The van der Waals surface area contributed by atoms with Gasteiger partial charge in [0.15, 0.2) is 6.61 Å². The third kappa shape index (κ3) is 4.88. The molecule has 0 atom stereocenters. The third-order valence-corrected chi connectivity index (χ3v) is 3.66. The van der Waals surface area contributed by atoms with Gasteiger partial charge in [-0.15, -0.1) is 0 Å². The van der Waals surface area contributed by atoms with E-state index in [0.29, 0.717) is 0 Å². The summed E-state index contributed by atoms with van der Waals surface area (Å²) < 4.78 is 5.18. The normalized spacial score (nSPS) is 11.3. The van der Waals surface area contributed by atoms with Crippen molar-refractivity contribution in [1.82, 2.24) is 5.32 Å². The van der Waals surface area contributed by atoms with Gasteiger partial charge >= 0.3 is 0 Å². The molecule has 0 saturated carbocycles. The van der Waals surface area contributed by atoms with Crippen LogP contribution in [0.15, 0.2) is 12.1 Å². The summed E-state index contributed by atoms with van der Waals surface area (Å²) in [6.45, 7) is -2.32. The van der Waals surface area contributed by atoms with E-state index in [-0.39, 0.29) is 20.8 Å². The van der Waals surface area contributed by atoms with Gasteiger partial charge in [-0.2, -0.15) is 0 Å². The average molecular weight is 359 g/mol. The number of rotatable bonds is 7. The van der Waals surface area contributed by atoms with Crippen molar-refractivity contribution >= 4 is 40.7 Å². The van der Waals surface area contributed by atoms with Crippen molar-refractivity contribution in [2.24, 2.45) is 0 Å². The number of amides is 1. The lowest BCUT2D eigenvalue weighted by Crippen LogP contribution is -2.58. The van der Waals surface area contributed by atoms with E-state index in [1.54, 1.807) is 0 Å². The Morgan fingerprint density at radius 2 is 1.57 bits per heavy atom. The first-order chi connectivity index (χ1) is 9.87. The lowest BCUT2D eigenvalue weighted by atomic mass is 10.0. The van der Waals surface area contributed by atoms with Crippen molar-refractivity contribution in [3.8, 4) is 5.75 Å². The van der Waals surface area contributed by atoms with Crippen molar-refractivity contribution in [2.45, 2.75) is 5.54 Å². The summed E-state index contributed by atoms with van der Waals surface area (Å²) in [6.07, 6.45) is 0. The third-order valence-electron chi connectivity index (χ3n) is 2.65. The molecular formula is C12H14Cl3NO5. The molecule has 1 aromatic rings. The van der Waals surface area contributed by atoms with Gasteiger partial charge in [0.05, 0.1) is 34.9 Å². The molecule has 0 radical (unpaired) electrons. The maximum absolute atomic E-state index is 11.7. The van der Waals surface area contributed by atoms with E-state index in [1.165, 1.54) is 12.1 Å². The summed E-state index contributed by atoms with van der Waals surface area (Å²) in [6, 6.07) is 2.73. The summed E-state index contributed by atoms with van der Waals surface area (Å²) in [5, 5.41) is 30.2. The number of carbonyl (C=O) groups is 1. The number of carbonyl (C=O) groups excluding carboxylic acids is 1. The van der Waals surface area contributed by atoms with E-state index in [9.17, 15) is 4.79 Å². The second-order valence-corrected chi connectivity index (χ2v) is 5.51. The van der Waals surface area contributed by atoms with Crippen LogP contribution in [0.25, 0.3) is 0 Å². The predicted octanol–water partition coefficient (Wildman–Crippen LogP) is 0.857. The molecule has 0 aliphatic rings. The highest BCUT2D eigenvalue weighted by atomic mass is 35.5. The Balaban J connectivity index is 2.67. The van der Waals surface area contributed by atoms with Crippen LogP contribution in [0.4, 0.5) is 0 Å². The molecule has 9 heteroatoms. The highest BCUT2D eigenvalue weighted by Gasteiger charge is 2.30. The van der Waals surface area contributed by atoms with Crippen molar-refractivity contribution in [2.75, 3.05) is 26.4 Å². The largest absolute Gasteiger partial charge is 0.482 e. The van der Waals surface area contributed by atoms with Gasteiger partial charge in [0.1, 0.15) is 11.3 Å². The van der Waals surface area contributed by atoms with Crippen LogP contribution in [0.2, 0.25) is 15.1 Å². The van der Waals surface area contributed by atoms with Crippen LogP contribution in [0.5, 0.6) is 5.75 Å². The molecule has 0 fully saturated rings. The van der Waals surface area contributed by atoms with E-state index in [4.69, 9.17) is 54.9 Å². The SMILES string of the molecule is O=C(COc1cc(Cl)c(Cl)cc1Cl)NC(CO)(CO)CO. The number of aliphatic hydroxyl groups is 3. The molecule has 0 aliphatic carbocycles. The summed E-state index contributed by atoms with van der Waals surface area (Å²) in [5.74, 6) is -0.502. The first-order valence-electron chi connectivity index (χ1n) is 5.78. The molecule has 0 heterocycles. The molecule has 118 valence electrons. The van der Waals surface area contributed by atoms with Crippen molar-refractivity contribution in [3.05, 3.63) is 27.2 Å². The summed E-state index contributed by atoms with van der Waals surface area (Å²) >= 11 is 17.4. The second kappa shape index (κ2) is 8.03. The van der Waals surface area contributed by atoms with Crippen LogP contribution >= 0.6 is 34.8 Å². The molecule has 6 nitrogen and oxygen atoms in total. The van der Waals surface area contributed by atoms with Crippen LogP contribution in [-0.2, 0) is 4.79 Å². The Morgan fingerprint density at radius 3 is 2.10 bits per heavy atom. The van der Waals surface area contributed by atoms with Crippen LogP contribution < -0.4 is 10.1 Å². The zero-order valence-electron chi connectivity index (χ0n) is 10.8. The minimum absolute atomic E-state index is 0.156. The topological polar surface area (TPSA) is 99.0 Å². The molecule has 4 N–H and O–H groups in total. The molecule has 1 rings (SSSR count). The number of halogens is 3. The molecule has 0 unspecified atom stereocenters. The zero-order chi connectivity index (χ0) is 16.0. The maximum Gasteiger partial charge on any atom is 0.258 e. The average Bonchev–Trinajstić information content (AvgIpc) is 2.47. The molecule has 0 bridgehead atoms. The summed E-state index contributed by atoms with van der Waals surface area (Å²) in [7, 11) is 0. The molecule has 1 aromatic carbocycles. The zero-order valence-corrected chi connectivity index (χ0v) is 13.0. The van der Waals surface area contributed by atoms with E-state index < -0.39 is 37.9 Å². The van der Waals surface area contributed by atoms with Crippen LogP contribution in [0, 0.1) is 0 Å². The number of hydrogen-bond donors (Lipinski definition) is 4. The first-order valence-corrected chi connectivity index (χ1v) is 6.92. The van der Waals surface area contributed by atoms with E-state index >= 15 is 0 Å². The lowest BCUT2D eigenvalue weighted by molar-refractivity contribution is -0.127. The summed E-state index contributed by atoms with van der Waals surface area (Å²) in [4.78, 5) is 11.7.